The molecule has 5 heteroatoms. The summed E-state index contributed by atoms with van der Waals surface area (Å²) >= 11 is 0. The van der Waals surface area contributed by atoms with E-state index in [0.29, 0.717) is 30.0 Å². The minimum Gasteiger partial charge on any atom is -0.497 e. The number of ether oxygens (including phenoxy) is 2. The van der Waals surface area contributed by atoms with Gasteiger partial charge in [0.1, 0.15) is 11.5 Å². The van der Waals surface area contributed by atoms with Crippen molar-refractivity contribution in [3.05, 3.63) is 18.2 Å². The Balaban J connectivity index is 2.90. The van der Waals surface area contributed by atoms with Crippen molar-refractivity contribution in [2.45, 2.75) is 12.8 Å². The maximum atomic E-state index is 11.9. The average molecular weight is 253 g/mol. The molecule has 0 heterocycles. The van der Waals surface area contributed by atoms with Gasteiger partial charge < -0.3 is 19.5 Å². The van der Waals surface area contributed by atoms with Crippen molar-refractivity contribution >= 4 is 11.6 Å². The zero-order chi connectivity index (χ0) is 13.5. The van der Waals surface area contributed by atoms with Gasteiger partial charge in [-0.2, -0.15) is 0 Å². The van der Waals surface area contributed by atoms with Crippen molar-refractivity contribution in [2.24, 2.45) is 0 Å². The Labute approximate surface area is 107 Å². The number of carbonyl (C=O) groups is 1. The monoisotopic (exact) mass is 253 g/mol. The lowest BCUT2D eigenvalue weighted by molar-refractivity contribution is -0.118. The van der Waals surface area contributed by atoms with Crippen LogP contribution in [0.3, 0.4) is 0 Å². The highest BCUT2D eigenvalue weighted by molar-refractivity contribution is 5.94. The van der Waals surface area contributed by atoms with Crippen LogP contribution in [0.5, 0.6) is 11.5 Å². The molecular weight excluding hydrogens is 234 g/mol. The fourth-order valence-electron chi connectivity index (χ4n) is 1.59. The fourth-order valence-corrected chi connectivity index (χ4v) is 1.59. The lowest BCUT2D eigenvalue weighted by atomic mass is 10.2. The standard InChI is InChI=1S/C13H19NO4/c1-14(13(16)5-4-8-15)11-7-6-10(17-2)9-12(11)18-3/h6-7,9,15H,4-5,8H2,1-3H3. The first-order valence-corrected chi connectivity index (χ1v) is 5.73. The molecule has 0 spiro atoms. The van der Waals surface area contributed by atoms with Crippen molar-refractivity contribution in [2.75, 3.05) is 32.8 Å². The van der Waals surface area contributed by atoms with Crippen LogP contribution in [0.25, 0.3) is 0 Å². The molecule has 0 atom stereocenters. The van der Waals surface area contributed by atoms with Gasteiger partial charge in [-0.3, -0.25) is 4.79 Å². The summed E-state index contributed by atoms with van der Waals surface area (Å²) in [5.74, 6) is 1.19. The Kier molecular flexibility index (Phi) is 5.45. The molecule has 100 valence electrons. The van der Waals surface area contributed by atoms with Gasteiger partial charge in [0.25, 0.3) is 0 Å². The predicted octanol–water partition coefficient (Wildman–Crippen LogP) is 1.44. The molecule has 0 bridgehead atoms. The smallest absolute Gasteiger partial charge is 0.226 e. The fraction of sp³-hybridized carbons (Fsp3) is 0.462. The minimum absolute atomic E-state index is 0.0132. The highest BCUT2D eigenvalue weighted by atomic mass is 16.5. The lowest BCUT2D eigenvalue weighted by Gasteiger charge is -2.20. The van der Waals surface area contributed by atoms with Gasteiger partial charge in [0.15, 0.2) is 0 Å². The van der Waals surface area contributed by atoms with E-state index in [-0.39, 0.29) is 12.5 Å². The van der Waals surface area contributed by atoms with Gasteiger partial charge in [-0.15, -0.1) is 0 Å². The number of hydrogen-bond donors (Lipinski definition) is 1. The third-order valence-corrected chi connectivity index (χ3v) is 2.67. The summed E-state index contributed by atoms with van der Waals surface area (Å²) in [6.45, 7) is 0.0132. The number of benzene rings is 1. The van der Waals surface area contributed by atoms with Crippen LogP contribution < -0.4 is 14.4 Å². The van der Waals surface area contributed by atoms with Crippen LogP contribution in [0.15, 0.2) is 18.2 Å². The van der Waals surface area contributed by atoms with Crippen molar-refractivity contribution in [3.63, 3.8) is 0 Å². The molecule has 5 nitrogen and oxygen atoms in total. The molecule has 0 saturated heterocycles. The number of aliphatic hydroxyl groups excluding tert-OH is 1. The Morgan fingerprint density at radius 2 is 2.06 bits per heavy atom. The third-order valence-electron chi connectivity index (χ3n) is 2.67. The zero-order valence-corrected chi connectivity index (χ0v) is 11.0. The van der Waals surface area contributed by atoms with E-state index >= 15 is 0 Å². The van der Waals surface area contributed by atoms with Gasteiger partial charge in [-0.1, -0.05) is 0 Å². The van der Waals surface area contributed by atoms with Crippen molar-refractivity contribution in [1.29, 1.82) is 0 Å². The van der Waals surface area contributed by atoms with Gasteiger partial charge in [-0.05, 0) is 18.6 Å². The second-order valence-electron chi connectivity index (χ2n) is 3.82. The van der Waals surface area contributed by atoms with Crippen LogP contribution in [0, 0.1) is 0 Å². The molecule has 1 aromatic rings. The summed E-state index contributed by atoms with van der Waals surface area (Å²) in [5, 5.41) is 8.72. The van der Waals surface area contributed by atoms with Crippen LogP contribution in [0.1, 0.15) is 12.8 Å². The number of methoxy groups -OCH3 is 2. The number of rotatable bonds is 6. The highest BCUT2D eigenvalue weighted by Gasteiger charge is 2.15. The molecule has 0 aliphatic rings. The summed E-state index contributed by atoms with van der Waals surface area (Å²) in [6, 6.07) is 5.27. The van der Waals surface area contributed by atoms with Crippen LogP contribution in [-0.2, 0) is 4.79 Å². The predicted molar refractivity (Wildman–Crippen MR) is 69.3 cm³/mol. The number of hydrogen-bond acceptors (Lipinski definition) is 4. The molecule has 1 aromatic carbocycles. The molecule has 0 aliphatic heterocycles. The molecule has 0 aliphatic carbocycles. The summed E-state index contributed by atoms with van der Waals surface area (Å²) in [4.78, 5) is 13.4. The summed E-state index contributed by atoms with van der Waals surface area (Å²) in [6.07, 6.45) is 0.768. The zero-order valence-electron chi connectivity index (χ0n) is 11.0. The Bertz CT molecular complexity index is 406. The number of amides is 1. The number of aliphatic hydroxyl groups is 1. The molecule has 0 fully saturated rings. The van der Waals surface area contributed by atoms with Gasteiger partial charge in [0.2, 0.25) is 5.91 Å². The number of carbonyl (C=O) groups excluding carboxylic acids is 1. The second-order valence-corrected chi connectivity index (χ2v) is 3.82. The molecule has 0 radical (unpaired) electrons. The van der Waals surface area contributed by atoms with Gasteiger partial charge in [-0.25, -0.2) is 0 Å². The molecule has 0 aromatic heterocycles. The quantitative estimate of drug-likeness (QED) is 0.833. The number of nitrogens with zero attached hydrogens (tertiary/aromatic N) is 1. The molecule has 0 saturated carbocycles. The van der Waals surface area contributed by atoms with E-state index in [9.17, 15) is 4.79 Å². The molecule has 1 N–H and O–H groups in total. The van der Waals surface area contributed by atoms with E-state index < -0.39 is 0 Å². The summed E-state index contributed by atoms with van der Waals surface area (Å²) < 4.78 is 10.3. The Morgan fingerprint density at radius 1 is 1.33 bits per heavy atom. The van der Waals surface area contributed by atoms with E-state index in [1.54, 1.807) is 39.5 Å². The molecule has 0 unspecified atom stereocenters. The van der Waals surface area contributed by atoms with E-state index in [1.165, 1.54) is 4.90 Å². The van der Waals surface area contributed by atoms with Crippen LogP contribution in [0.2, 0.25) is 0 Å². The first-order valence-electron chi connectivity index (χ1n) is 5.73. The minimum atomic E-state index is -0.0625. The topological polar surface area (TPSA) is 59.0 Å². The van der Waals surface area contributed by atoms with Gasteiger partial charge in [0.05, 0.1) is 19.9 Å². The second kappa shape index (κ2) is 6.86. The van der Waals surface area contributed by atoms with E-state index in [2.05, 4.69) is 0 Å². The van der Waals surface area contributed by atoms with E-state index in [4.69, 9.17) is 14.6 Å². The van der Waals surface area contributed by atoms with Crippen LogP contribution >= 0.6 is 0 Å². The third kappa shape index (κ3) is 3.37. The summed E-state index contributed by atoms with van der Waals surface area (Å²) in [5.41, 5.74) is 0.682. The van der Waals surface area contributed by atoms with Crippen LogP contribution in [-0.4, -0.2) is 38.9 Å². The maximum Gasteiger partial charge on any atom is 0.226 e. The molecule has 1 rings (SSSR count). The van der Waals surface area contributed by atoms with Gasteiger partial charge in [0, 0.05) is 26.1 Å². The average Bonchev–Trinajstić information content (AvgIpc) is 2.43. The largest absolute Gasteiger partial charge is 0.497 e. The highest BCUT2D eigenvalue weighted by Crippen LogP contribution is 2.31. The lowest BCUT2D eigenvalue weighted by Crippen LogP contribution is -2.26. The number of anilines is 1. The van der Waals surface area contributed by atoms with Crippen LogP contribution in [0.4, 0.5) is 5.69 Å². The first-order chi connectivity index (χ1) is 8.63. The summed E-state index contributed by atoms with van der Waals surface area (Å²) in [7, 11) is 4.80. The van der Waals surface area contributed by atoms with Gasteiger partial charge >= 0.3 is 0 Å². The Hall–Kier alpha value is -1.75. The Morgan fingerprint density at radius 3 is 2.61 bits per heavy atom. The molecule has 1 amide bonds. The van der Waals surface area contributed by atoms with E-state index in [0.717, 1.165) is 0 Å². The van der Waals surface area contributed by atoms with Crippen molar-refractivity contribution in [1.82, 2.24) is 0 Å². The molecule has 18 heavy (non-hydrogen) atoms. The SMILES string of the molecule is COc1ccc(N(C)C(=O)CCCO)c(OC)c1. The van der Waals surface area contributed by atoms with Crippen molar-refractivity contribution < 1.29 is 19.4 Å². The van der Waals surface area contributed by atoms with E-state index in [1.807, 2.05) is 0 Å². The normalized spacial score (nSPS) is 10.0. The molecular formula is C13H19NO4. The maximum absolute atomic E-state index is 11.9. The first kappa shape index (κ1) is 14.3. The van der Waals surface area contributed by atoms with Crippen molar-refractivity contribution in [3.8, 4) is 11.5 Å².